The normalized spacial score (nSPS) is 13.2. The fourth-order valence-corrected chi connectivity index (χ4v) is 2.96. The zero-order valence-corrected chi connectivity index (χ0v) is 17.7. The second-order valence-corrected chi connectivity index (χ2v) is 7.85. The molecule has 1 unspecified atom stereocenters. The van der Waals surface area contributed by atoms with E-state index in [1.54, 1.807) is 18.2 Å². The van der Waals surface area contributed by atoms with Gasteiger partial charge in [-0.2, -0.15) is 0 Å². The Hall–Kier alpha value is -3.05. The van der Waals surface area contributed by atoms with Gasteiger partial charge in [0.15, 0.2) is 5.78 Å². The first-order valence-corrected chi connectivity index (χ1v) is 10.1. The highest BCUT2D eigenvalue weighted by atomic mass is 16.3. The van der Waals surface area contributed by atoms with E-state index in [2.05, 4.69) is 0 Å². The standard InChI is InChI=1S/C25H30O5/c1-16(2)22(27)13-5-17(3)4-11-20-24(29)15-12-21(25(20)30)23(28)14-8-18-6-9-19(26)10-7-18/h4,6-10,12,14-16,22,26-27,29-30H,5,11,13H2,1-3H3/b14-8+,17-4+. The maximum Gasteiger partial charge on any atom is 0.189 e. The Labute approximate surface area is 177 Å². The third-order valence-electron chi connectivity index (χ3n) is 5.10. The largest absolute Gasteiger partial charge is 0.508 e. The molecular weight excluding hydrogens is 380 g/mol. The molecule has 0 saturated heterocycles. The predicted octanol–water partition coefficient (Wildman–Crippen LogP) is 4.99. The van der Waals surface area contributed by atoms with E-state index in [4.69, 9.17) is 0 Å². The molecule has 0 radical (unpaired) electrons. The van der Waals surface area contributed by atoms with Gasteiger partial charge in [-0.15, -0.1) is 0 Å². The topological polar surface area (TPSA) is 98.0 Å². The number of carbonyl (C=O) groups is 1. The van der Waals surface area contributed by atoms with Crippen LogP contribution in [-0.2, 0) is 6.42 Å². The number of ketones is 1. The highest BCUT2D eigenvalue weighted by Crippen LogP contribution is 2.32. The average molecular weight is 411 g/mol. The SMILES string of the molecule is C/C(=C\Cc1c(O)ccc(C(=O)/C=C/c2ccc(O)cc2)c1O)CCC(O)C(C)C. The van der Waals surface area contributed by atoms with E-state index in [0.717, 1.165) is 17.6 Å². The Bertz CT molecular complexity index is 923. The molecule has 4 N–H and O–H groups in total. The number of benzene rings is 2. The first kappa shape index (κ1) is 23.2. The van der Waals surface area contributed by atoms with Crippen molar-refractivity contribution in [1.29, 1.82) is 0 Å². The lowest BCUT2D eigenvalue weighted by Gasteiger charge is -2.14. The van der Waals surface area contributed by atoms with Gasteiger partial charge in [0.1, 0.15) is 17.2 Å². The summed E-state index contributed by atoms with van der Waals surface area (Å²) in [4.78, 5) is 12.5. The minimum absolute atomic E-state index is 0.0715. The van der Waals surface area contributed by atoms with Crippen molar-refractivity contribution in [3.63, 3.8) is 0 Å². The summed E-state index contributed by atoms with van der Waals surface area (Å²) in [5.74, 6) is -0.355. The number of carbonyl (C=O) groups excluding carboxylic acids is 1. The zero-order valence-electron chi connectivity index (χ0n) is 17.7. The van der Waals surface area contributed by atoms with Gasteiger partial charge in [0, 0.05) is 5.56 Å². The van der Waals surface area contributed by atoms with Crippen LogP contribution in [0, 0.1) is 5.92 Å². The van der Waals surface area contributed by atoms with Gasteiger partial charge >= 0.3 is 0 Å². The molecule has 0 aliphatic carbocycles. The third-order valence-corrected chi connectivity index (χ3v) is 5.10. The van der Waals surface area contributed by atoms with E-state index in [1.165, 1.54) is 30.3 Å². The van der Waals surface area contributed by atoms with E-state index in [1.807, 2.05) is 26.8 Å². The van der Waals surface area contributed by atoms with Gasteiger partial charge in [-0.3, -0.25) is 4.79 Å². The van der Waals surface area contributed by atoms with Gasteiger partial charge in [0.25, 0.3) is 0 Å². The van der Waals surface area contributed by atoms with Gasteiger partial charge in [-0.25, -0.2) is 0 Å². The summed E-state index contributed by atoms with van der Waals surface area (Å²) in [6.07, 6.45) is 6.12. The summed E-state index contributed by atoms with van der Waals surface area (Å²) in [5, 5.41) is 40.0. The van der Waals surface area contributed by atoms with E-state index >= 15 is 0 Å². The zero-order chi connectivity index (χ0) is 22.3. The number of hydrogen-bond donors (Lipinski definition) is 4. The van der Waals surface area contributed by atoms with Crippen molar-refractivity contribution in [3.8, 4) is 17.2 Å². The van der Waals surface area contributed by atoms with Crippen LogP contribution in [0.2, 0.25) is 0 Å². The van der Waals surface area contributed by atoms with Crippen LogP contribution in [0.3, 0.4) is 0 Å². The van der Waals surface area contributed by atoms with Crippen LogP contribution in [0.15, 0.2) is 54.1 Å². The fraction of sp³-hybridized carbons (Fsp3) is 0.320. The molecule has 5 heteroatoms. The van der Waals surface area contributed by atoms with Crippen molar-refractivity contribution in [2.45, 2.75) is 46.1 Å². The number of phenols is 3. The first-order valence-electron chi connectivity index (χ1n) is 10.1. The van der Waals surface area contributed by atoms with Crippen LogP contribution in [0.5, 0.6) is 17.2 Å². The maximum atomic E-state index is 12.5. The monoisotopic (exact) mass is 410 g/mol. The second-order valence-electron chi connectivity index (χ2n) is 7.85. The van der Waals surface area contributed by atoms with E-state index in [9.17, 15) is 25.2 Å². The van der Waals surface area contributed by atoms with Gasteiger partial charge in [-0.05, 0) is 68.0 Å². The molecule has 0 amide bonds. The number of aliphatic hydroxyl groups is 1. The molecule has 2 rings (SSSR count). The van der Waals surface area contributed by atoms with Crippen LogP contribution in [-0.4, -0.2) is 32.3 Å². The molecule has 0 bridgehead atoms. The molecule has 0 aliphatic heterocycles. The van der Waals surface area contributed by atoms with Crippen LogP contribution >= 0.6 is 0 Å². The highest BCUT2D eigenvalue weighted by Gasteiger charge is 2.16. The van der Waals surface area contributed by atoms with Gasteiger partial charge in [0.2, 0.25) is 0 Å². The van der Waals surface area contributed by atoms with Crippen molar-refractivity contribution in [2.24, 2.45) is 5.92 Å². The maximum absolute atomic E-state index is 12.5. The van der Waals surface area contributed by atoms with Crippen LogP contribution in [0.1, 0.15) is 55.1 Å². The van der Waals surface area contributed by atoms with Crippen molar-refractivity contribution < 1.29 is 25.2 Å². The Morgan fingerprint density at radius 1 is 1.03 bits per heavy atom. The lowest BCUT2D eigenvalue weighted by atomic mass is 9.97. The molecule has 2 aromatic rings. The van der Waals surface area contributed by atoms with Crippen LogP contribution in [0.4, 0.5) is 0 Å². The number of rotatable bonds is 9. The van der Waals surface area contributed by atoms with Gasteiger partial charge in [-0.1, -0.05) is 43.7 Å². The fourth-order valence-electron chi connectivity index (χ4n) is 2.96. The van der Waals surface area contributed by atoms with Crippen LogP contribution in [0.25, 0.3) is 6.08 Å². The summed E-state index contributed by atoms with van der Waals surface area (Å²) in [6.45, 7) is 5.88. The smallest absolute Gasteiger partial charge is 0.189 e. The van der Waals surface area contributed by atoms with Crippen molar-refractivity contribution >= 4 is 11.9 Å². The minimum atomic E-state index is -0.386. The molecule has 160 valence electrons. The number of aromatic hydroxyl groups is 3. The van der Waals surface area contributed by atoms with Crippen molar-refractivity contribution in [1.82, 2.24) is 0 Å². The first-order chi connectivity index (χ1) is 14.2. The molecule has 0 spiro atoms. The number of phenolic OH excluding ortho intramolecular Hbond substituents is 3. The summed E-state index contributed by atoms with van der Waals surface area (Å²) in [6, 6.07) is 9.19. The highest BCUT2D eigenvalue weighted by molar-refractivity contribution is 6.09. The Morgan fingerprint density at radius 3 is 2.33 bits per heavy atom. The van der Waals surface area contributed by atoms with Crippen LogP contribution < -0.4 is 0 Å². The molecule has 5 nitrogen and oxygen atoms in total. The molecule has 0 heterocycles. The molecule has 1 atom stereocenters. The van der Waals surface area contributed by atoms with E-state index in [0.29, 0.717) is 12.0 Å². The second kappa shape index (κ2) is 10.6. The quantitative estimate of drug-likeness (QED) is 0.265. The molecule has 2 aromatic carbocycles. The summed E-state index contributed by atoms with van der Waals surface area (Å²) < 4.78 is 0. The van der Waals surface area contributed by atoms with E-state index < -0.39 is 0 Å². The van der Waals surface area contributed by atoms with E-state index in [-0.39, 0.29) is 47.0 Å². The molecule has 0 fully saturated rings. The molecule has 0 aliphatic rings. The molecular formula is C25H30O5. The summed E-state index contributed by atoms with van der Waals surface area (Å²) in [5.41, 5.74) is 2.18. The molecule has 0 aromatic heterocycles. The third kappa shape index (κ3) is 6.49. The van der Waals surface area contributed by atoms with Gasteiger partial charge in [0.05, 0.1) is 11.7 Å². The number of allylic oxidation sites excluding steroid dienone is 3. The Morgan fingerprint density at radius 2 is 1.70 bits per heavy atom. The lowest BCUT2D eigenvalue weighted by Crippen LogP contribution is -2.14. The molecule has 30 heavy (non-hydrogen) atoms. The van der Waals surface area contributed by atoms with Crippen molar-refractivity contribution in [3.05, 3.63) is 70.8 Å². The lowest BCUT2D eigenvalue weighted by molar-refractivity contribution is 0.104. The Kier molecular flexibility index (Phi) is 8.25. The number of aliphatic hydroxyl groups excluding tert-OH is 1. The van der Waals surface area contributed by atoms with Crippen molar-refractivity contribution in [2.75, 3.05) is 0 Å². The Balaban J connectivity index is 2.13. The summed E-state index contributed by atoms with van der Waals surface area (Å²) in [7, 11) is 0. The van der Waals surface area contributed by atoms with Gasteiger partial charge < -0.3 is 20.4 Å². The number of hydrogen-bond acceptors (Lipinski definition) is 5. The minimum Gasteiger partial charge on any atom is -0.508 e. The summed E-state index contributed by atoms with van der Waals surface area (Å²) >= 11 is 0. The molecule has 0 saturated carbocycles. The predicted molar refractivity (Wildman–Crippen MR) is 119 cm³/mol. The average Bonchev–Trinajstić information content (AvgIpc) is 2.71.